The third-order valence-electron chi connectivity index (χ3n) is 3.61. The average Bonchev–Trinajstić information content (AvgIpc) is 2.46. The predicted octanol–water partition coefficient (Wildman–Crippen LogP) is 1.96. The van der Waals surface area contributed by atoms with E-state index in [2.05, 4.69) is 5.32 Å². The molecule has 0 unspecified atom stereocenters. The molecule has 1 aromatic carbocycles. The summed E-state index contributed by atoms with van der Waals surface area (Å²) in [6.07, 6.45) is 2.46. The first-order valence-electron chi connectivity index (χ1n) is 6.95. The zero-order valence-electron chi connectivity index (χ0n) is 11.5. The van der Waals surface area contributed by atoms with Gasteiger partial charge in [0, 0.05) is 12.1 Å². The number of carboxylic acids is 1. The smallest absolute Gasteiger partial charge is 0.306 e. The van der Waals surface area contributed by atoms with Gasteiger partial charge in [-0.15, -0.1) is 0 Å². The topological polar surface area (TPSA) is 75.6 Å². The van der Waals surface area contributed by atoms with Crippen molar-refractivity contribution in [2.75, 3.05) is 6.61 Å². The molecule has 6 heteroatoms. The number of rotatable bonds is 5. The van der Waals surface area contributed by atoms with Crippen LogP contribution in [0.1, 0.15) is 25.7 Å². The minimum Gasteiger partial charge on any atom is -0.484 e. The largest absolute Gasteiger partial charge is 0.484 e. The Morgan fingerprint density at radius 2 is 2.00 bits per heavy atom. The molecule has 0 bridgehead atoms. The van der Waals surface area contributed by atoms with E-state index in [0.717, 1.165) is 0 Å². The van der Waals surface area contributed by atoms with Crippen LogP contribution in [0.3, 0.4) is 0 Å². The number of carbonyl (C=O) groups is 2. The first kappa shape index (κ1) is 15.3. The van der Waals surface area contributed by atoms with Gasteiger partial charge in [0.25, 0.3) is 5.91 Å². The number of ether oxygens (including phenoxy) is 1. The summed E-state index contributed by atoms with van der Waals surface area (Å²) in [4.78, 5) is 22.6. The highest BCUT2D eigenvalue weighted by Crippen LogP contribution is 2.24. The maximum absolute atomic E-state index is 12.9. The average molecular weight is 295 g/mol. The number of hydrogen-bond donors (Lipinski definition) is 2. The fraction of sp³-hybridized carbons (Fsp3) is 0.467. The van der Waals surface area contributed by atoms with Crippen LogP contribution in [0.4, 0.5) is 4.39 Å². The summed E-state index contributed by atoms with van der Waals surface area (Å²) < 4.78 is 18.1. The quantitative estimate of drug-likeness (QED) is 0.870. The molecule has 21 heavy (non-hydrogen) atoms. The fourth-order valence-electron chi connectivity index (χ4n) is 2.46. The van der Waals surface area contributed by atoms with E-state index in [9.17, 15) is 14.0 Å². The highest BCUT2D eigenvalue weighted by molar-refractivity contribution is 5.78. The molecular formula is C15H18FNO4. The molecule has 1 aromatic rings. The van der Waals surface area contributed by atoms with E-state index < -0.39 is 11.8 Å². The Hall–Kier alpha value is -2.11. The predicted molar refractivity (Wildman–Crippen MR) is 73.4 cm³/mol. The van der Waals surface area contributed by atoms with Crippen LogP contribution in [0.15, 0.2) is 24.3 Å². The van der Waals surface area contributed by atoms with Crippen molar-refractivity contribution in [2.45, 2.75) is 31.7 Å². The summed E-state index contributed by atoms with van der Waals surface area (Å²) >= 11 is 0. The van der Waals surface area contributed by atoms with Crippen LogP contribution in [0, 0.1) is 11.7 Å². The van der Waals surface area contributed by atoms with E-state index in [-0.39, 0.29) is 24.5 Å². The Morgan fingerprint density at radius 3 is 2.62 bits per heavy atom. The normalized spacial score (nSPS) is 21.6. The molecule has 1 amide bonds. The standard InChI is InChI=1S/C15H18FNO4/c16-11-2-1-3-13(8-11)21-9-14(18)17-12-6-4-10(5-7-12)15(19)20/h1-3,8,10,12H,4-7,9H2,(H,17,18)(H,19,20). The minimum atomic E-state index is -0.769. The van der Waals surface area contributed by atoms with Crippen LogP contribution in [-0.4, -0.2) is 29.6 Å². The number of aliphatic carboxylic acids is 1. The second kappa shape index (κ2) is 7.06. The number of carbonyl (C=O) groups excluding carboxylic acids is 1. The van der Waals surface area contributed by atoms with Crippen molar-refractivity contribution in [1.82, 2.24) is 5.32 Å². The van der Waals surface area contributed by atoms with E-state index >= 15 is 0 Å². The summed E-state index contributed by atoms with van der Waals surface area (Å²) in [5, 5.41) is 11.7. The Morgan fingerprint density at radius 1 is 1.29 bits per heavy atom. The molecule has 1 aliphatic carbocycles. The van der Waals surface area contributed by atoms with Gasteiger partial charge in [-0.3, -0.25) is 9.59 Å². The molecule has 5 nitrogen and oxygen atoms in total. The van der Waals surface area contributed by atoms with Crippen molar-refractivity contribution < 1.29 is 23.8 Å². The lowest BCUT2D eigenvalue weighted by molar-refractivity contribution is -0.142. The molecule has 0 aromatic heterocycles. The van der Waals surface area contributed by atoms with Crippen LogP contribution in [0.5, 0.6) is 5.75 Å². The SMILES string of the molecule is O=C(COc1cccc(F)c1)NC1CCC(C(=O)O)CC1. The van der Waals surface area contributed by atoms with E-state index in [1.807, 2.05) is 0 Å². The molecule has 1 aliphatic rings. The van der Waals surface area contributed by atoms with Gasteiger partial charge in [-0.2, -0.15) is 0 Å². The van der Waals surface area contributed by atoms with Gasteiger partial charge in [0.15, 0.2) is 6.61 Å². The van der Waals surface area contributed by atoms with Gasteiger partial charge in [-0.25, -0.2) is 4.39 Å². The molecule has 2 rings (SSSR count). The number of hydrogen-bond acceptors (Lipinski definition) is 3. The summed E-state index contributed by atoms with van der Waals surface area (Å²) in [6, 6.07) is 5.59. The van der Waals surface area contributed by atoms with E-state index in [1.165, 1.54) is 18.2 Å². The van der Waals surface area contributed by atoms with Crippen LogP contribution in [-0.2, 0) is 9.59 Å². The van der Waals surface area contributed by atoms with Gasteiger partial charge in [0.1, 0.15) is 11.6 Å². The summed E-state index contributed by atoms with van der Waals surface area (Å²) in [5.41, 5.74) is 0. The van der Waals surface area contributed by atoms with Crippen molar-refractivity contribution >= 4 is 11.9 Å². The third-order valence-corrected chi connectivity index (χ3v) is 3.61. The van der Waals surface area contributed by atoms with Crippen molar-refractivity contribution in [3.63, 3.8) is 0 Å². The van der Waals surface area contributed by atoms with Gasteiger partial charge in [-0.1, -0.05) is 6.07 Å². The Kier molecular flexibility index (Phi) is 5.14. The second-order valence-corrected chi connectivity index (χ2v) is 5.20. The molecule has 0 atom stereocenters. The number of carboxylic acid groups (broad SMARTS) is 1. The number of halogens is 1. The Balaban J connectivity index is 1.72. The summed E-state index contributed by atoms with van der Waals surface area (Å²) in [6.45, 7) is -0.178. The monoisotopic (exact) mass is 295 g/mol. The van der Waals surface area contributed by atoms with Gasteiger partial charge in [0.2, 0.25) is 0 Å². The maximum atomic E-state index is 12.9. The lowest BCUT2D eigenvalue weighted by Crippen LogP contribution is -2.40. The van der Waals surface area contributed by atoms with Crippen LogP contribution in [0.25, 0.3) is 0 Å². The maximum Gasteiger partial charge on any atom is 0.306 e. The fourth-order valence-corrected chi connectivity index (χ4v) is 2.46. The first-order valence-corrected chi connectivity index (χ1v) is 6.95. The van der Waals surface area contributed by atoms with E-state index in [1.54, 1.807) is 6.07 Å². The molecule has 0 spiro atoms. The lowest BCUT2D eigenvalue weighted by Gasteiger charge is -2.26. The molecule has 1 fully saturated rings. The lowest BCUT2D eigenvalue weighted by atomic mass is 9.86. The molecule has 1 saturated carbocycles. The zero-order valence-corrected chi connectivity index (χ0v) is 11.5. The van der Waals surface area contributed by atoms with Crippen LogP contribution in [0.2, 0.25) is 0 Å². The molecule has 2 N–H and O–H groups in total. The number of benzene rings is 1. The van der Waals surface area contributed by atoms with E-state index in [0.29, 0.717) is 31.4 Å². The van der Waals surface area contributed by atoms with Gasteiger partial charge in [0.05, 0.1) is 5.92 Å². The second-order valence-electron chi connectivity index (χ2n) is 5.20. The van der Waals surface area contributed by atoms with E-state index in [4.69, 9.17) is 9.84 Å². The van der Waals surface area contributed by atoms with Gasteiger partial charge >= 0.3 is 5.97 Å². The van der Waals surface area contributed by atoms with Gasteiger partial charge in [-0.05, 0) is 37.8 Å². The molecule has 0 radical (unpaired) electrons. The van der Waals surface area contributed by atoms with Crippen molar-refractivity contribution in [2.24, 2.45) is 5.92 Å². The Labute approximate surface area is 122 Å². The van der Waals surface area contributed by atoms with Crippen molar-refractivity contribution in [1.29, 1.82) is 0 Å². The highest BCUT2D eigenvalue weighted by Gasteiger charge is 2.26. The molecule has 114 valence electrons. The molecule has 0 aliphatic heterocycles. The molecule has 0 heterocycles. The summed E-state index contributed by atoms with van der Waals surface area (Å²) in [5.74, 6) is -1.46. The van der Waals surface area contributed by atoms with Crippen molar-refractivity contribution in [3.05, 3.63) is 30.1 Å². The molecule has 0 saturated heterocycles. The van der Waals surface area contributed by atoms with Crippen LogP contribution >= 0.6 is 0 Å². The molecular weight excluding hydrogens is 277 g/mol. The highest BCUT2D eigenvalue weighted by atomic mass is 19.1. The van der Waals surface area contributed by atoms with Gasteiger partial charge < -0.3 is 15.2 Å². The number of nitrogens with one attached hydrogen (secondary N) is 1. The van der Waals surface area contributed by atoms with Crippen molar-refractivity contribution in [3.8, 4) is 5.75 Å². The third kappa shape index (κ3) is 4.73. The zero-order chi connectivity index (χ0) is 15.2. The van der Waals surface area contributed by atoms with Crippen LogP contribution < -0.4 is 10.1 Å². The number of amides is 1. The summed E-state index contributed by atoms with van der Waals surface area (Å²) in [7, 11) is 0. The first-order chi connectivity index (χ1) is 10.0. The minimum absolute atomic E-state index is 0.00999. The Bertz CT molecular complexity index is 512.